The second-order valence-corrected chi connectivity index (χ2v) is 5.27. The van der Waals surface area contributed by atoms with E-state index in [2.05, 4.69) is 23.7 Å². The van der Waals surface area contributed by atoms with Gasteiger partial charge < -0.3 is 10.6 Å². The number of nitrogens with two attached hydrogens (primary N) is 1. The summed E-state index contributed by atoms with van der Waals surface area (Å²) in [7, 11) is 0. The van der Waals surface area contributed by atoms with Gasteiger partial charge in [-0.05, 0) is 18.1 Å². The Bertz CT molecular complexity index is 184. The zero-order chi connectivity index (χ0) is 10.4. The fraction of sp³-hybridized carbons (Fsp3) is 0.900. The van der Waals surface area contributed by atoms with E-state index in [4.69, 9.17) is 5.73 Å². The quantitative estimate of drug-likeness (QED) is 0.559. The molecule has 2 N–H and O–H groups in total. The first kappa shape index (κ1) is 11.7. The third-order valence-electron chi connectivity index (χ3n) is 2.16. The van der Waals surface area contributed by atoms with Crippen molar-refractivity contribution < 1.29 is 0 Å². The zero-order valence-corrected chi connectivity index (χ0v) is 10.0. The molecule has 14 heavy (non-hydrogen) atoms. The summed E-state index contributed by atoms with van der Waals surface area (Å²) < 4.78 is 0. The normalized spacial score (nSPS) is 19.9. The smallest absolute Gasteiger partial charge is 0.191 e. The lowest BCUT2D eigenvalue weighted by Gasteiger charge is -2.20. The molecule has 1 fully saturated rings. The van der Waals surface area contributed by atoms with Crippen molar-refractivity contribution in [1.82, 2.24) is 4.90 Å². The molecule has 3 nitrogen and oxygen atoms in total. The number of thioether (sulfide) groups is 1. The standard InChI is InChI=1S/C10H21N3S/c1-9(2)8-12-10(11)13-4-3-6-14-7-5-13/h9H,3-8H2,1-2H3,(H2,11,12). The summed E-state index contributed by atoms with van der Waals surface area (Å²) in [5.74, 6) is 3.77. The second kappa shape index (κ2) is 6.17. The summed E-state index contributed by atoms with van der Waals surface area (Å²) in [5, 5.41) is 0. The Balaban J connectivity index is 2.40. The number of hydrogen-bond acceptors (Lipinski definition) is 2. The van der Waals surface area contributed by atoms with Crippen molar-refractivity contribution in [2.45, 2.75) is 20.3 Å². The molecule has 0 aromatic carbocycles. The molecule has 0 saturated carbocycles. The van der Waals surface area contributed by atoms with Crippen LogP contribution in [0.3, 0.4) is 0 Å². The van der Waals surface area contributed by atoms with Gasteiger partial charge >= 0.3 is 0 Å². The fourth-order valence-electron chi connectivity index (χ4n) is 1.35. The molecule has 1 rings (SSSR count). The van der Waals surface area contributed by atoms with E-state index in [0.717, 1.165) is 25.6 Å². The van der Waals surface area contributed by atoms with E-state index in [1.54, 1.807) is 0 Å². The maximum Gasteiger partial charge on any atom is 0.191 e. The van der Waals surface area contributed by atoms with E-state index in [1.165, 1.54) is 17.9 Å². The minimum absolute atomic E-state index is 0.593. The number of aliphatic imine (C=N–C) groups is 1. The number of nitrogens with zero attached hydrogens (tertiary/aromatic N) is 2. The first-order valence-corrected chi connectivity index (χ1v) is 6.48. The third-order valence-corrected chi connectivity index (χ3v) is 3.21. The average Bonchev–Trinajstić information content (AvgIpc) is 2.42. The summed E-state index contributed by atoms with van der Waals surface area (Å²) >= 11 is 2.01. The molecule has 0 aliphatic carbocycles. The summed E-state index contributed by atoms with van der Waals surface area (Å²) in [6.07, 6.45) is 1.22. The Morgan fingerprint density at radius 1 is 1.43 bits per heavy atom. The van der Waals surface area contributed by atoms with Crippen LogP contribution < -0.4 is 5.73 Å². The van der Waals surface area contributed by atoms with E-state index < -0.39 is 0 Å². The molecule has 1 saturated heterocycles. The lowest BCUT2D eigenvalue weighted by Crippen LogP contribution is -2.39. The summed E-state index contributed by atoms with van der Waals surface area (Å²) in [4.78, 5) is 6.61. The Kier molecular flexibility index (Phi) is 5.15. The van der Waals surface area contributed by atoms with Gasteiger partial charge in [0.1, 0.15) is 0 Å². The van der Waals surface area contributed by atoms with Gasteiger partial charge in [0.2, 0.25) is 0 Å². The molecule has 1 aliphatic heterocycles. The largest absolute Gasteiger partial charge is 0.370 e. The van der Waals surface area contributed by atoms with Gasteiger partial charge in [0.05, 0.1) is 0 Å². The molecule has 0 unspecified atom stereocenters. The Labute approximate surface area is 91.1 Å². The van der Waals surface area contributed by atoms with E-state index in [1.807, 2.05) is 11.8 Å². The van der Waals surface area contributed by atoms with E-state index in [-0.39, 0.29) is 0 Å². The Hall–Kier alpha value is -0.380. The van der Waals surface area contributed by atoms with Crippen molar-refractivity contribution in [2.75, 3.05) is 31.1 Å². The van der Waals surface area contributed by atoms with Gasteiger partial charge in [-0.25, -0.2) is 0 Å². The molecule has 0 aromatic rings. The van der Waals surface area contributed by atoms with Gasteiger partial charge in [0.15, 0.2) is 5.96 Å². The highest BCUT2D eigenvalue weighted by atomic mass is 32.2. The predicted molar refractivity (Wildman–Crippen MR) is 64.8 cm³/mol. The van der Waals surface area contributed by atoms with Crippen molar-refractivity contribution in [3.05, 3.63) is 0 Å². The molecule has 0 atom stereocenters. The van der Waals surface area contributed by atoms with Crippen molar-refractivity contribution in [3.63, 3.8) is 0 Å². The van der Waals surface area contributed by atoms with Crippen LogP contribution in [-0.2, 0) is 0 Å². The lowest BCUT2D eigenvalue weighted by molar-refractivity contribution is 0.442. The van der Waals surface area contributed by atoms with E-state index >= 15 is 0 Å². The Morgan fingerprint density at radius 2 is 2.21 bits per heavy atom. The monoisotopic (exact) mass is 215 g/mol. The SMILES string of the molecule is CC(C)CN=C(N)N1CCCSCC1. The predicted octanol–water partition coefficient (Wildman–Crippen LogP) is 1.40. The summed E-state index contributed by atoms with van der Waals surface area (Å²) in [6, 6.07) is 0. The van der Waals surface area contributed by atoms with Crippen LogP contribution in [0.15, 0.2) is 4.99 Å². The molecule has 0 amide bonds. The number of guanidine groups is 1. The minimum atomic E-state index is 0.593. The first-order valence-electron chi connectivity index (χ1n) is 5.32. The lowest BCUT2D eigenvalue weighted by atomic mass is 10.2. The van der Waals surface area contributed by atoms with Crippen LogP contribution in [-0.4, -0.2) is 42.0 Å². The van der Waals surface area contributed by atoms with Gasteiger partial charge in [-0.1, -0.05) is 13.8 Å². The topological polar surface area (TPSA) is 41.6 Å². The van der Waals surface area contributed by atoms with Crippen molar-refractivity contribution in [2.24, 2.45) is 16.6 Å². The number of rotatable bonds is 2. The van der Waals surface area contributed by atoms with Crippen LogP contribution in [0.5, 0.6) is 0 Å². The molecule has 4 heteroatoms. The van der Waals surface area contributed by atoms with Gasteiger partial charge in [-0.3, -0.25) is 4.99 Å². The van der Waals surface area contributed by atoms with Crippen molar-refractivity contribution in [1.29, 1.82) is 0 Å². The molecule has 0 radical (unpaired) electrons. The minimum Gasteiger partial charge on any atom is -0.370 e. The first-order chi connectivity index (χ1) is 6.70. The summed E-state index contributed by atoms with van der Waals surface area (Å²) in [6.45, 7) is 7.29. The highest BCUT2D eigenvalue weighted by Gasteiger charge is 2.10. The molecule has 1 aliphatic rings. The van der Waals surface area contributed by atoms with Gasteiger partial charge in [-0.15, -0.1) is 0 Å². The van der Waals surface area contributed by atoms with Crippen LogP contribution in [0.4, 0.5) is 0 Å². The van der Waals surface area contributed by atoms with Crippen LogP contribution in [0, 0.1) is 5.92 Å². The molecule has 82 valence electrons. The molecule has 0 aromatic heterocycles. The fourth-order valence-corrected chi connectivity index (χ4v) is 2.24. The third kappa shape index (κ3) is 4.22. The van der Waals surface area contributed by atoms with Crippen molar-refractivity contribution in [3.8, 4) is 0 Å². The number of hydrogen-bond donors (Lipinski definition) is 1. The highest BCUT2D eigenvalue weighted by Crippen LogP contribution is 2.09. The zero-order valence-electron chi connectivity index (χ0n) is 9.20. The van der Waals surface area contributed by atoms with Gasteiger partial charge in [-0.2, -0.15) is 11.8 Å². The molecular formula is C10H21N3S. The molecule has 0 spiro atoms. The van der Waals surface area contributed by atoms with Crippen molar-refractivity contribution >= 4 is 17.7 Å². The second-order valence-electron chi connectivity index (χ2n) is 4.05. The molecule has 0 bridgehead atoms. The molecule has 1 heterocycles. The maximum atomic E-state index is 5.93. The van der Waals surface area contributed by atoms with Gasteiger partial charge in [0.25, 0.3) is 0 Å². The highest BCUT2D eigenvalue weighted by molar-refractivity contribution is 7.99. The van der Waals surface area contributed by atoms with Crippen LogP contribution in [0.25, 0.3) is 0 Å². The summed E-state index contributed by atoms with van der Waals surface area (Å²) in [5.41, 5.74) is 5.93. The Morgan fingerprint density at radius 3 is 2.93 bits per heavy atom. The van der Waals surface area contributed by atoms with E-state index in [9.17, 15) is 0 Å². The molecular weight excluding hydrogens is 194 g/mol. The average molecular weight is 215 g/mol. The van der Waals surface area contributed by atoms with Crippen LogP contribution in [0.2, 0.25) is 0 Å². The van der Waals surface area contributed by atoms with Gasteiger partial charge in [0, 0.05) is 25.4 Å². The van der Waals surface area contributed by atoms with E-state index in [0.29, 0.717) is 5.92 Å². The van der Waals surface area contributed by atoms with Crippen LogP contribution in [0.1, 0.15) is 20.3 Å². The van der Waals surface area contributed by atoms with Crippen LogP contribution >= 0.6 is 11.8 Å². The maximum absolute atomic E-state index is 5.93.